The van der Waals surface area contributed by atoms with E-state index in [1.807, 2.05) is 35.2 Å². The fourth-order valence-electron chi connectivity index (χ4n) is 3.84. The monoisotopic (exact) mass is 315 g/mol. The van der Waals surface area contributed by atoms with Gasteiger partial charge in [0.05, 0.1) is 0 Å². The van der Waals surface area contributed by atoms with E-state index in [4.69, 9.17) is 5.73 Å². The molecule has 1 aromatic carbocycles. The molecule has 2 fully saturated rings. The largest absolute Gasteiger partial charge is 0.341 e. The van der Waals surface area contributed by atoms with Gasteiger partial charge in [-0.1, -0.05) is 36.8 Å². The Hall–Kier alpha value is -1.39. The average Bonchev–Trinajstić information content (AvgIpc) is 2.63. The molecule has 4 heteroatoms. The second-order valence-electron chi connectivity index (χ2n) is 7.02. The summed E-state index contributed by atoms with van der Waals surface area (Å²) in [6.07, 6.45) is 6.32. The lowest BCUT2D eigenvalue weighted by atomic mass is 9.94. The highest BCUT2D eigenvalue weighted by molar-refractivity contribution is 5.83. The second-order valence-corrected chi connectivity index (χ2v) is 7.02. The van der Waals surface area contributed by atoms with Crippen molar-refractivity contribution in [2.75, 3.05) is 32.7 Å². The predicted octanol–water partition coefficient (Wildman–Crippen LogP) is 2.41. The summed E-state index contributed by atoms with van der Waals surface area (Å²) in [6, 6.07) is 9.18. The van der Waals surface area contributed by atoms with Gasteiger partial charge in [0, 0.05) is 19.6 Å². The van der Waals surface area contributed by atoms with E-state index in [2.05, 4.69) is 4.90 Å². The highest BCUT2D eigenvalue weighted by atomic mass is 16.2. The van der Waals surface area contributed by atoms with Crippen LogP contribution in [-0.2, 0) is 4.79 Å². The maximum absolute atomic E-state index is 12.6. The Bertz CT molecular complexity index is 491. The van der Waals surface area contributed by atoms with Crippen LogP contribution >= 0.6 is 0 Å². The molecule has 0 aliphatic carbocycles. The molecular weight excluding hydrogens is 286 g/mol. The van der Waals surface area contributed by atoms with Crippen LogP contribution in [0, 0.1) is 5.92 Å². The normalized spacial score (nSPS) is 22.0. The predicted molar refractivity (Wildman–Crippen MR) is 93.0 cm³/mol. The van der Waals surface area contributed by atoms with Gasteiger partial charge in [0.2, 0.25) is 5.91 Å². The number of piperidine rings is 2. The summed E-state index contributed by atoms with van der Waals surface area (Å²) in [7, 11) is 0. The Morgan fingerprint density at radius 2 is 1.70 bits per heavy atom. The topological polar surface area (TPSA) is 49.6 Å². The number of rotatable bonds is 4. The molecule has 0 aromatic heterocycles. The summed E-state index contributed by atoms with van der Waals surface area (Å²) in [4.78, 5) is 17.2. The minimum atomic E-state index is -0.519. The van der Waals surface area contributed by atoms with E-state index < -0.39 is 6.04 Å². The van der Waals surface area contributed by atoms with Crippen molar-refractivity contribution in [2.24, 2.45) is 11.7 Å². The maximum Gasteiger partial charge on any atom is 0.244 e. The SMILES string of the molecule is N[C@@H](C(=O)N1CCC(CN2CCCCC2)CC1)c1ccccc1. The molecule has 1 aromatic rings. The first kappa shape index (κ1) is 16.5. The van der Waals surface area contributed by atoms with Gasteiger partial charge >= 0.3 is 0 Å². The molecule has 0 unspecified atom stereocenters. The molecule has 2 aliphatic heterocycles. The fraction of sp³-hybridized carbons (Fsp3) is 0.632. The maximum atomic E-state index is 12.6. The third-order valence-electron chi connectivity index (χ3n) is 5.32. The van der Waals surface area contributed by atoms with Crippen molar-refractivity contribution in [3.8, 4) is 0 Å². The van der Waals surface area contributed by atoms with Gasteiger partial charge in [0.15, 0.2) is 0 Å². The van der Waals surface area contributed by atoms with E-state index >= 15 is 0 Å². The third kappa shape index (κ3) is 4.33. The number of amides is 1. The van der Waals surface area contributed by atoms with E-state index in [1.165, 1.54) is 38.9 Å². The molecule has 4 nitrogen and oxygen atoms in total. The Morgan fingerprint density at radius 3 is 2.35 bits per heavy atom. The molecule has 2 aliphatic rings. The van der Waals surface area contributed by atoms with Crippen LogP contribution in [-0.4, -0.2) is 48.4 Å². The molecule has 2 N–H and O–H groups in total. The average molecular weight is 315 g/mol. The number of nitrogens with zero attached hydrogens (tertiary/aromatic N) is 2. The molecule has 0 radical (unpaired) electrons. The van der Waals surface area contributed by atoms with Gasteiger partial charge in [0.25, 0.3) is 0 Å². The van der Waals surface area contributed by atoms with Crippen molar-refractivity contribution < 1.29 is 4.79 Å². The number of benzene rings is 1. The first-order valence-corrected chi connectivity index (χ1v) is 9.05. The smallest absolute Gasteiger partial charge is 0.244 e. The Labute approximate surface area is 139 Å². The molecule has 0 saturated carbocycles. The summed E-state index contributed by atoms with van der Waals surface area (Å²) in [5.74, 6) is 0.817. The van der Waals surface area contributed by atoms with Gasteiger partial charge in [-0.15, -0.1) is 0 Å². The van der Waals surface area contributed by atoms with E-state index in [0.29, 0.717) is 0 Å². The van der Waals surface area contributed by atoms with Gasteiger partial charge in [-0.05, 0) is 50.3 Å². The van der Waals surface area contributed by atoms with Crippen LogP contribution in [0.2, 0.25) is 0 Å². The van der Waals surface area contributed by atoms with Crippen LogP contribution in [0.1, 0.15) is 43.7 Å². The van der Waals surface area contributed by atoms with Crippen LogP contribution in [0.5, 0.6) is 0 Å². The Kier molecular flexibility index (Phi) is 5.68. The van der Waals surface area contributed by atoms with Crippen LogP contribution in [0.3, 0.4) is 0 Å². The zero-order valence-corrected chi connectivity index (χ0v) is 14.0. The number of nitrogens with two attached hydrogens (primary N) is 1. The van der Waals surface area contributed by atoms with Gasteiger partial charge < -0.3 is 15.5 Å². The van der Waals surface area contributed by atoms with E-state index in [1.54, 1.807) is 0 Å². The van der Waals surface area contributed by atoms with E-state index in [-0.39, 0.29) is 5.91 Å². The van der Waals surface area contributed by atoms with Crippen LogP contribution < -0.4 is 5.73 Å². The lowest BCUT2D eigenvalue weighted by molar-refractivity contribution is -0.134. The molecular formula is C19H29N3O. The summed E-state index contributed by atoms with van der Waals surface area (Å²) in [5.41, 5.74) is 7.06. The Morgan fingerprint density at radius 1 is 1.04 bits per heavy atom. The standard InChI is InChI=1S/C19H29N3O/c20-18(17-7-3-1-4-8-17)19(23)22-13-9-16(10-14-22)15-21-11-5-2-6-12-21/h1,3-4,7-8,16,18H,2,5-6,9-15,20H2/t18-/m1/s1. The lowest BCUT2D eigenvalue weighted by Gasteiger charge is -2.37. The second kappa shape index (κ2) is 7.93. The molecule has 0 bridgehead atoms. The zero-order chi connectivity index (χ0) is 16.1. The molecule has 23 heavy (non-hydrogen) atoms. The van der Waals surface area contributed by atoms with Gasteiger partial charge in [-0.3, -0.25) is 4.79 Å². The lowest BCUT2D eigenvalue weighted by Crippen LogP contribution is -2.45. The van der Waals surface area contributed by atoms with Crippen molar-refractivity contribution in [1.29, 1.82) is 0 Å². The van der Waals surface area contributed by atoms with Crippen molar-refractivity contribution in [2.45, 2.75) is 38.1 Å². The number of hydrogen-bond acceptors (Lipinski definition) is 3. The molecule has 2 saturated heterocycles. The van der Waals surface area contributed by atoms with Gasteiger partial charge in [-0.25, -0.2) is 0 Å². The molecule has 126 valence electrons. The minimum Gasteiger partial charge on any atom is -0.341 e. The van der Waals surface area contributed by atoms with Crippen molar-refractivity contribution in [1.82, 2.24) is 9.80 Å². The van der Waals surface area contributed by atoms with Crippen LogP contribution in [0.25, 0.3) is 0 Å². The number of hydrogen-bond donors (Lipinski definition) is 1. The summed E-state index contributed by atoms with van der Waals surface area (Å²) < 4.78 is 0. The minimum absolute atomic E-state index is 0.0765. The van der Waals surface area contributed by atoms with Crippen molar-refractivity contribution >= 4 is 5.91 Å². The third-order valence-corrected chi connectivity index (χ3v) is 5.32. The zero-order valence-electron chi connectivity index (χ0n) is 14.0. The first-order chi connectivity index (χ1) is 11.2. The van der Waals surface area contributed by atoms with Gasteiger partial charge in [0.1, 0.15) is 6.04 Å². The fourth-order valence-corrected chi connectivity index (χ4v) is 3.84. The molecule has 3 rings (SSSR count). The summed E-state index contributed by atoms with van der Waals surface area (Å²) >= 11 is 0. The van der Waals surface area contributed by atoms with Crippen molar-refractivity contribution in [3.05, 3.63) is 35.9 Å². The number of carbonyl (C=O) groups excluding carboxylic acids is 1. The van der Waals surface area contributed by atoms with Crippen LogP contribution in [0.15, 0.2) is 30.3 Å². The Balaban J connectivity index is 1.47. The number of carbonyl (C=O) groups is 1. The quantitative estimate of drug-likeness (QED) is 0.928. The molecule has 0 spiro atoms. The summed E-state index contributed by atoms with van der Waals surface area (Å²) in [5, 5.41) is 0. The molecule has 2 heterocycles. The molecule has 1 atom stereocenters. The van der Waals surface area contributed by atoms with Crippen LogP contribution in [0.4, 0.5) is 0 Å². The number of likely N-dealkylation sites (tertiary alicyclic amines) is 2. The van der Waals surface area contributed by atoms with E-state index in [9.17, 15) is 4.79 Å². The van der Waals surface area contributed by atoms with Gasteiger partial charge in [-0.2, -0.15) is 0 Å². The highest BCUT2D eigenvalue weighted by Crippen LogP contribution is 2.22. The van der Waals surface area contributed by atoms with E-state index in [0.717, 1.165) is 37.4 Å². The first-order valence-electron chi connectivity index (χ1n) is 9.05. The summed E-state index contributed by atoms with van der Waals surface area (Å²) in [6.45, 7) is 5.46. The highest BCUT2D eigenvalue weighted by Gasteiger charge is 2.28. The molecule has 1 amide bonds. The van der Waals surface area contributed by atoms with Crippen molar-refractivity contribution in [3.63, 3.8) is 0 Å².